The van der Waals surface area contributed by atoms with Crippen molar-refractivity contribution in [2.75, 3.05) is 0 Å². The molecule has 0 unspecified atom stereocenters. The summed E-state index contributed by atoms with van der Waals surface area (Å²) in [5.41, 5.74) is 0.0367. The fourth-order valence-electron chi connectivity index (χ4n) is 2.39. The van der Waals surface area contributed by atoms with Gasteiger partial charge in [-0.3, -0.25) is 9.59 Å². The lowest BCUT2D eigenvalue weighted by Crippen LogP contribution is -2.39. The third kappa shape index (κ3) is 3.69. The zero-order valence-electron chi connectivity index (χ0n) is 11.3. The monoisotopic (exact) mass is 278 g/mol. The Kier molecular flexibility index (Phi) is 4.55. The van der Waals surface area contributed by atoms with Crippen molar-refractivity contribution in [3.63, 3.8) is 0 Å². The fourth-order valence-corrected chi connectivity index (χ4v) is 2.39. The Bertz CT molecular complexity index is 496. The summed E-state index contributed by atoms with van der Waals surface area (Å²) in [6, 6.07) is 3.02. The van der Waals surface area contributed by atoms with Gasteiger partial charge in [0.05, 0.1) is 0 Å². The van der Waals surface area contributed by atoms with Crippen LogP contribution in [0.1, 0.15) is 43.1 Å². The molecule has 6 nitrogen and oxygen atoms in total. The van der Waals surface area contributed by atoms with E-state index in [1.807, 2.05) is 0 Å². The lowest BCUT2D eigenvalue weighted by Gasteiger charge is -2.28. The summed E-state index contributed by atoms with van der Waals surface area (Å²) >= 11 is 0. The number of aromatic hydroxyl groups is 1. The van der Waals surface area contributed by atoms with Crippen molar-refractivity contribution in [3.05, 3.63) is 24.0 Å². The molecule has 20 heavy (non-hydrogen) atoms. The molecule has 1 amide bonds. The van der Waals surface area contributed by atoms with Crippen molar-refractivity contribution in [1.82, 2.24) is 10.3 Å². The number of carbonyl (C=O) groups excluding carboxylic acids is 2. The number of hydrogen-bond acceptors (Lipinski definition) is 5. The summed E-state index contributed by atoms with van der Waals surface area (Å²) in [5.74, 6) is -0.770. The first-order chi connectivity index (χ1) is 9.56. The molecule has 0 bridgehead atoms. The Balaban J connectivity index is 1.85. The number of nitrogens with zero attached hydrogens (tertiary/aromatic N) is 1. The van der Waals surface area contributed by atoms with Gasteiger partial charge in [0.15, 0.2) is 5.69 Å². The molecule has 1 fully saturated rings. The van der Waals surface area contributed by atoms with Crippen LogP contribution < -0.4 is 5.32 Å². The average molecular weight is 278 g/mol. The van der Waals surface area contributed by atoms with E-state index in [0.717, 1.165) is 25.7 Å². The van der Waals surface area contributed by atoms with E-state index in [9.17, 15) is 14.7 Å². The van der Waals surface area contributed by atoms with E-state index in [2.05, 4.69) is 10.3 Å². The molecule has 1 saturated carbocycles. The van der Waals surface area contributed by atoms with Crippen molar-refractivity contribution < 1.29 is 19.4 Å². The number of amides is 1. The standard InChI is InChI=1S/C14H18N2O4/c1-9(17)20-11-6-4-10(5-7-11)16-14(19)13-12(18)3-2-8-15-13/h2-3,8,10-11,18H,4-7H2,1H3,(H,16,19). The van der Waals surface area contributed by atoms with Crippen LogP contribution in [0.5, 0.6) is 5.75 Å². The van der Waals surface area contributed by atoms with Gasteiger partial charge in [-0.2, -0.15) is 0 Å². The highest BCUT2D eigenvalue weighted by Gasteiger charge is 2.25. The number of ether oxygens (including phenoxy) is 1. The molecule has 0 saturated heterocycles. The van der Waals surface area contributed by atoms with Crippen LogP contribution >= 0.6 is 0 Å². The van der Waals surface area contributed by atoms with E-state index in [1.54, 1.807) is 6.07 Å². The van der Waals surface area contributed by atoms with Gasteiger partial charge in [0.1, 0.15) is 11.9 Å². The van der Waals surface area contributed by atoms with Crippen LogP contribution in [0.25, 0.3) is 0 Å². The zero-order chi connectivity index (χ0) is 14.5. The molecule has 1 aliphatic carbocycles. The first-order valence-corrected chi connectivity index (χ1v) is 6.68. The van der Waals surface area contributed by atoms with Crippen LogP contribution in [0, 0.1) is 0 Å². The SMILES string of the molecule is CC(=O)OC1CCC(NC(=O)c2ncccc2O)CC1. The predicted octanol–water partition coefficient (Wildman–Crippen LogP) is 1.39. The molecule has 0 atom stereocenters. The third-order valence-corrected chi connectivity index (χ3v) is 3.34. The average Bonchev–Trinajstić information content (AvgIpc) is 2.41. The molecular formula is C14H18N2O4. The van der Waals surface area contributed by atoms with E-state index < -0.39 is 0 Å². The summed E-state index contributed by atoms with van der Waals surface area (Å²) < 4.78 is 5.14. The highest BCUT2D eigenvalue weighted by molar-refractivity contribution is 5.94. The summed E-state index contributed by atoms with van der Waals surface area (Å²) in [6.07, 6.45) is 4.38. The number of hydrogen-bond donors (Lipinski definition) is 2. The van der Waals surface area contributed by atoms with Gasteiger partial charge >= 0.3 is 5.97 Å². The molecule has 1 aromatic heterocycles. The minimum absolute atomic E-state index is 0.0238. The molecule has 1 heterocycles. The van der Waals surface area contributed by atoms with E-state index in [1.165, 1.54) is 19.2 Å². The topological polar surface area (TPSA) is 88.5 Å². The maximum atomic E-state index is 12.0. The predicted molar refractivity (Wildman–Crippen MR) is 71.2 cm³/mol. The van der Waals surface area contributed by atoms with Crippen LogP contribution in [0.3, 0.4) is 0 Å². The lowest BCUT2D eigenvalue weighted by atomic mass is 9.93. The Morgan fingerprint density at radius 2 is 2.05 bits per heavy atom. The third-order valence-electron chi connectivity index (χ3n) is 3.34. The minimum Gasteiger partial charge on any atom is -0.505 e. The molecule has 0 aromatic carbocycles. The number of aromatic nitrogens is 1. The largest absolute Gasteiger partial charge is 0.505 e. The van der Waals surface area contributed by atoms with Crippen molar-refractivity contribution in [3.8, 4) is 5.75 Å². The molecule has 1 aromatic rings. The molecule has 0 spiro atoms. The van der Waals surface area contributed by atoms with Crippen LogP contribution in [0.2, 0.25) is 0 Å². The van der Waals surface area contributed by atoms with E-state index >= 15 is 0 Å². The first-order valence-electron chi connectivity index (χ1n) is 6.68. The molecule has 2 N–H and O–H groups in total. The number of pyridine rings is 1. The number of carbonyl (C=O) groups is 2. The van der Waals surface area contributed by atoms with Gasteiger partial charge in [-0.15, -0.1) is 0 Å². The lowest BCUT2D eigenvalue weighted by molar-refractivity contribution is -0.147. The molecule has 1 aliphatic rings. The van der Waals surface area contributed by atoms with Gasteiger partial charge in [-0.05, 0) is 37.8 Å². The maximum absolute atomic E-state index is 12.0. The van der Waals surface area contributed by atoms with Crippen molar-refractivity contribution in [2.24, 2.45) is 0 Å². The Morgan fingerprint density at radius 1 is 1.35 bits per heavy atom. The Labute approximate surface area is 117 Å². The van der Waals surface area contributed by atoms with E-state index in [4.69, 9.17) is 4.74 Å². The van der Waals surface area contributed by atoms with Gasteiger partial charge in [0, 0.05) is 19.2 Å². The molecule has 108 valence electrons. The van der Waals surface area contributed by atoms with Gasteiger partial charge in [0.25, 0.3) is 5.91 Å². The van der Waals surface area contributed by atoms with E-state index in [-0.39, 0.29) is 35.5 Å². The van der Waals surface area contributed by atoms with Crippen LogP contribution in [0.4, 0.5) is 0 Å². The summed E-state index contributed by atoms with van der Waals surface area (Å²) in [7, 11) is 0. The van der Waals surface area contributed by atoms with Crippen molar-refractivity contribution >= 4 is 11.9 Å². The van der Waals surface area contributed by atoms with Crippen LogP contribution in [-0.4, -0.2) is 34.1 Å². The maximum Gasteiger partial charge on any atom is 0.302 e. The van der Waals surface area contributed by atoms with Crippen molar-refractivity contribution in [1.29, 1.82) is 0 Å². The number of esters is 1. The van der Waals surface area contributed by atoms with Crippen molar-refractivity contribution in [2.45, 2.75) is 44.8 Å². The highest BCUT2D eigenvalue weighted by atomic mass is 16.5. The van der Waals surface area contributed by atoms with Gasteiger partial charge in [0.2, 0.25) is 0 Å². The Hall–Kier alpha value is -2.11. The summed E-state index contributed by atoms with van der Waals surface area (Å²) in [6.45, 7) is 1.40. The highest BCUT2D eigenvalue weighted by Crippen LogP contribution is 2.22. The molecule has 0 aliphatic heterocycles. The molecular weight excluding hydrogens is 260 g/mol. The summed E-state index contributed by atoms with van der Waals surface area (Å²) in [5, 5.41) is 12.4. The van der Waals surface area contributed by atoms with Crippen LogP contribution in [-0.2, 0) is 9.53 Å². The minimum atomic E-state index is -0.376. The van der Waals surface area contributed by atoms with E-state index in [0.29, 0.717) is 0 Å². The van der Waals surface area contributed by atoms with Gasteiger partial charge in [-0.1, -0.05) is 0 Å². The smallest absolute Gasteiger partial charge is 0.302 e. The number of rotatable bonds is 3. The zero-order valence-corrected chi connectivity index (χ0v) is 11.3. The van der Waals surface area contributed by atoms with Gasteiger partial charge < -0.3 is 15.2 Å². The fraction of sp³-hybridized carbons (Fsp3) is 0.500. The number of nitrogens with one attached hydrogen (secondary N) is 1. The first kappa shape index (κ1) is 14.3. The summed E-state index contributed by atoms with van der Waals surface area (Å²) in [4.78, 5) is 26.7. The molecule has 2 rings (SSSR count). The quantitative estimate of drug-likeness (QED) is 0.816. The second kappa shape index (κ2) is 6.36. The van der Waals surface area contributed by atoms with Crippen LogP contribution in [0.15, 0.2) is 18.3 Å². The second-order valence-electron chi connectivity index (χ2n) is 4.93. The van der Waals surface area contributed by atoms with Gasteiger partial charge in [-0.25, -0.2) is 4.98 Å². The molecule has 0 radical (unpaired) electrons. The molecule has 6 heteroatoms. The second-order valence-corrected chi connectivity index (χ2v) is 4.93. The normalized spacial score (nSPS) is 22.1. The Morgan fingerprint density at radius 3 is 2.65 bits per heavy atom.